The summed E-state index contributed by atoms with van der Waals surface area (Å²) in [4.78, 5) is 1.94. The molecule has 0 aliphatic carbocycles. The molecule has 7 heteroatoms. The minimum absolute atomic E-state index is 0.210. The molecule has 1 aromatic heterocycles. The van der Waals surface area contributed by atoms with E-state index in [1.54, 1.807) is 11.4 Å². The molecule has 0 radical (unpaired) electrons. The number of rotatable bonds is 4. The number of nitrogens with zero attached hydrogens (tertiary/aromatic N) is 1. The van der Waals surface area contributed by atoms with Gasteiger partial charge >= 0.3 is 0 Å². The van der Waals surface area contributed by atoms with Crippen molar-refractivity contribution in [1.29, 1.82) is 0 Å². The van der Waals surface area contributed by atoms with Crippen molar-refractivity contribution in [3.05, 3.63) is 35.2 Å². The monoisotopic (exact) mass is 311 g/mol. The van der Waals surface area contributed by atoms with Gasteiger partial charge in [-0.1, -0.05) is 6.07 Å². The van der Waals surface area contributed by atoms with Gasteiger partial charge in [-0.05, 0) is 30.7 Å². The molecule has 0 amide bonds. The summed E-state index contributed by atoms with van der Waals surface area (Å²) in [5.41, 5.74) is 8.60. The summed E-state index contributed by atoms with van der Waals surface area (Å²) in [5, 5.41) is 1.61. The largest absolute Gasteiger partial charge is 0.398 e. The molecule has 1 heterocycles. The van der Waals surface area contributed by atoms with Crippen LogP contribution in [0.4, 0.5) is 17.1 Å². The second kappa shape index (κ2) is 5.34. The number of thiophene rings is 1. The van der Waals surface area contributed by atoms with Crippen molar-refractivity contribution >= 4 is 38.4 Å². The van der Waals surface area contributed by atoms with Gasteiger partial charge in [-0.3, -0.25) is 4.72 Å². The number of hydrogen-bond acceptors (Lipinski definition) is 5. The lowest BCUT2D eigenvalue weighted by Gasteiger charge is -2.17. The molecule has 2 aromatic rings. The lowest BCUT2D eigenvalue weighted by atomic mass is 10.2. The van der Waals surface area contributed by atoms with E-state index in [2.05, 4.69) is 4.72 Å². The van der Waals surface area contributed by atoms with Crippen LogP contribution in [0.25, 0.3) is 0 Å². The third-order valence-electron chi connectivity index (χ3n) is 2.80. The highest BCUT2D eigenvalue weighted by Crippen LogP contribution is 2.27. The molecule has 0 bridgehead atoms. The van der Waals surface area contributed by atoms with Crippen LogP contribution in [0.1, 0.15) is 5.56 Å². The first-order valence-electron chi connectivity index (χ1n) is 5.94. The van der Waals surface area contributed by atoms with Crippen LogP contribution in [0, 0.1) is 6.92 Å². The fraction of sp³-hybridized carbons (Fsp3) is 0.231. The Morgan fingerprint density at radius 2 is 1.95 bits per heavy atom. The number of benzene rings is 1. The Kier molecular flexibility index (Phi) is 3.92. The van der Waals surface area contributed by atoms with Crippen LogP contribution in [0.2, 0.25) is 0 Å². The van der Waals surface area contributed by atoms with Crippen LogP contribution >= 0.6 is 11.3 Å². The Hall–Kier alpha value is -1.73. The van der Waals surface area contributed by atoms with E-state index in [1.165, 1.54) is 6.07 Å². The topological polar surface area (TPSA) is 75.4 Å². The Morgan fingerprint density at radius 1 is 1.25 bits per heavy atom. The van der Waals surface area contributed by atoms with E-state index in [4.69, 9.17) is 5.73 Å². The first-order chi connectivity index (χ1) is 9.29. The average molecular weight is 311 g/mol. The Bertz CT molecular complexity index is 721. The van der Waals surface area contributed by atoms with E-state index in [9.17, 15) is 8.42 Å². The van der Waals surface area contributed by atoms with Gasteiger partial charge < -0.3 is 10.6 Å². The Balaban J connectivity index is 2.32. The summed E-state index contributed by atoms with van der Waals surface area (Å²) >= 11 is 1.10. The Morgan fingerprint density at radius 3 is 2.50 bits per heavy atom. The molecule has 0 fully saturated rings. The van der Waals surface area contributed by atoms with Gasteiger partial charge in [0.2, 0.25) is 0 Å². The Labute approximate surface area is 123 Å². The molecule has 0 saturated heterocycles. The van der Waals surface area contributed by atoms with Crippen LogP contribution < -0.4 is 15.4 Å². The SMILES string of the molecule is Cc1ccc(NS(=O)(=O)c2cc(N)cs2)cc1N(C)C. The maximum Gasteiger partial charge on any atom is 0.271 e. The molecule has 2 rings (SSSR count). The molecule has 20 heavy (non-hydrogen) atoms. The first kappa shape index (κ1) is 14.7. The van der Waals surface area contributed by atoms with E-state index in [1.807, 2.05) is 38.1 Å². The normalized spacial score (nSPS) is 11.3. The van der Waals surface area contributed by atoms with Crippen molar-refractivity contribution in [2.45, 2.75) is 11.1 Å². The number of aryl methyl sites for hydroxylation is 1. The van der Waals surface area contributed by atoms with E-state index in [0.29, 0.717) is 11.4 Å². The van der Waals surface area contributed by atoms with E-state index in [-0.39, 0.29) is 4.21 Å². The molecule has 0 saturated carbocycles. The van der Waals surface area contributed by atoms with Crippen molar-refractivity contribution in [3.8, 4) is 0 Å². The summed E-state index contributed by atoms with van der Waals surface area (Å²) in [6.07, 6.45) is 0. The maximum atomic E-state index is 12.2. The summed E-state index contributed by atoms with van der Waals surface area (Å²) < 4.78 is 27.2. The fourth-order valence-corrected chi connectivity index (χ4v) is 3.96. The number of hydrogen-bond donors (Lipinski definition) is 2. The van der Waals surface area contributed by atoms with Gasteiger partial charge in [-0.25, -0.2) is 8.42 Å². The van der Waals surface area contributed by atoms with Crippen LogP contribution in [-0.2, 0) is 10.0 Å². The maximum absolute atomic E-state index is 12.2. The molecule has 1 aromatic carbocycles. The number of nitrogens with two attached hydrogens (primary N) is 1. The van der Waals surface area contributed by atoms with Crippen molar-refractivity contribution in [2.75, 3.05) is 29.5 Å². The molecule has 0 spiro atoms. The lowest BCUT2D eigenvalue weighted by Crippen LogP contribution is -2.14. The van der Waals surface area contributed by atoms with Crippen molar-refractivity contribution in [3.63, 3.8) is 0 Å². The zero-order valence-corrected chi connectivity index (χ0v) is 13.2. The molecular formula is C13H17N3O2S2. The van der Waals surface area contributed by atoms with Crippen molar-refractivity contribution < 1.29 is 8.42 Å². The first-order valence-corrected chi connectivity index (χ1v) is 8.30. The second-order valence-corrected chi connectivity index (χ2v) is 7.52. The zero-order chi connectivity index (χ0) is 14.9. The molecule has 5 nitrogen and oxygen atoms in total. The quantitative estimate of drug-likeness (QED) is 0.909. The second-order valence-electron chi connectivity index (χ2n) is 4.70. The van der Waals surface area contributed by atoms with Gasteiger partial charge in [-0.2, -0.15) is 0 Å². The molecule has 0 aliphatic heterocycles. The van der Waals surface area contributed by atoms with E-state index < -0.39 is 10.0 Å². The number of anilines is 3. The smallest absolute Gasteiger partial charge is 0.271 e. The van der Waals surface area contributed by atoms with Gasteiger partial charge in [0.15, 0.2) is 0 Å². The molecule has 0 aliphatic rings. The summed E-state index contributed by atoms with van der Waals surface area (Å²) in [6, 6.07) is 6.89. The van der Waals surface area contributed by atoms with E-state index >= 15 is 0 Å². The predicted molar refractivity (Wildman–Crippen MR) is 85.0 cm³/mol. The third kappa shape index (κ3) is 3.05. The highest BCUT2D eigenvalue weighted by Gasteiger charge is 2.17. The van der Waals surface area contributed by atoms with E-state index in [0.717, 1.165) is 22.6 Å². The van der Waals surface area contributed by atoms with Gasteiger partial charge in [-0.15, -0.1) is 11.3 Å². The fourth-order valence-electron chi connectivity index (χ4n) is 1.83. The summed E-state index contributed by atoms with van der Waals surface area (Å²) in [7, 11) is 0.257. The van der Waals surface area contributed by atoms with Crippen LogP contribution in [0.15, 0.2) is 33.9 Å². The van der Waals surface area contributed by atoms with Gasteiger partial charge in [0.1, 0.15) is 4.21 Å². The number of nitrogens with one attached hydrogen (secondary N) is 1. The number of sulfonamides is 1. The summed E-state index contributed by atoms with van der Waals surface area (Å²) in [5.74, 6) is 0. The number of nitrogen functional groups attached to an aromatic ring is 1. The molecule has 3 N–H and O–H groups in total. The van der Waals surface area contributed by atoms with Crippen LogP contribution in [0.3, 0.4) is 0 Å². The molecule has 108 valence electrons. The average Bonchev–Trinajstić information content (AvgIpc) is 2.78. The molecule has 0 atom stereocenters. The highest BCUT2D eigenvalue weighted by molar-refractivity contribution is 7.94. The molecular weight excluding hydrogens is 294 g/mol. The van der Waals surface area contributed by atoms with Crippen LogP contribution in [0.5, 0.6) is 0 Å². The van der Waals surface area contributed by atoms with Gasteiger partial charge in [0.25, 0.3) is 10.0 Å². The molecule has 0 unspecified atom stereocenters. The minimum Gasteiger partial charge on any atom is -0.398 e. The van der Waals surface area contributed by atoms with Gasteiger partial charge in [0.05, 0.1) is 5.69 Å². The third-order valence-corrected chi connectivity index (χ3v) is 5.64. The van der Waals surface area contributed by atoms with Crippen molar-refractivity contribution in [2.24, 2.45) is 0 Å². The summed E-state index contributed by atoms with van der Waals surface area (Å²) in [6.45, 7) is 1.98. The van der Waals surface area contributed by atoms with Gasteiger partial charge in [0, 0.05) is 30.9 Å². The minimum atomic E-state index is -3.58. The van der Waals surface area contributed by atoms with Crippen LogP contribution in [-0.4, -0.2) is 22.5 Å². The zero-order valence-electron chi connectivity index (χ0n) is 11.5. The lowest BCUT2D eigenvalue weighted by molar-refractivity contribution is 0.603. The standard InChI is InChI=1S/C13H17N3O2S2/c1-9-4-5-11(7-12(9)16(2)3)15-20(17,18)13-6-10(14)8-19-13/h4-8,15H,14H2,1-3H3. The predicted octanol–water partition coefficient (Wildman–Crippen LogP) is 2.51. The van der Waals surface area contributed by atoms with Crippen molar-refractivity contribution in [1.82, 2.24) is 0 Å². The highest BCUT2D eigenvalue weighted by atomic mass is 32.2.